The van der Waals surface area contributed by atoms with E-state index >= 15 is 0 Å². The van der Waals surface area contributed by atoms with Gasteiger partial charge in [0.15, 0.2) is 0 Å². The number of amides is 1. The number of carbonyl (C=O) groups is 2. The molecule has 0 aromatic heterocycles. The first-order valence-corrected chi connectivity index (χ1v) is 25.7. The van der Waals surface area contributed by atoms with Gasteiger partial charge in [-0.3, -0.25) is 9.59 Å². The lowest BCUT2D eigenvalue weighted by atomic mass is 10.0. The highest BCUT2D eigenvalue weighted by molar-refractivity contribution is 5.77. The van der Waals surface area contributed by atoms with E-state index in [1.165, 1.54) is 103 Å². The largest absolute Gasteiger partial charge is 0.462 e. The van der Waals surface area contributed by atoms with Gasteiger partial charge in [-0.1, -0.05) is 222 Å². The van der Waals surface area contributed by atoms with Crippen molar-refractivity contribution in [1.82, 2.24) is 5.32 Å². The fraction of sp³-hybridized carbons (Fsp3) is 0.745. The van der Waals surface area contributed by atoms with Gasteiger partial charge in [0.25, 0.3) is 0 Å². The Balaban J connectivity index is 4.70. The van der Waals surface area contributed by atoms with E-state index in [-0.39, 0.29) is 24.9 Å². The summed E-state index contributed by atoms with van der Waals surface area (Å²) in [5.74, 6) is -0.523. The molecule has 3 unspecified atom stereocenters. The molecule has 6 heteroatoms. The van der Waals surface area contributed by atoms with Crippen molar-refractivity contribution < 1.29 is 24.5 Å². The van der Waals surface area contributed by atoms with E-state index in [1.807, 2.05) is 6.08 Å². The Bertz CT molecular complexity index is 1140. The zero-order chi connectivity index (χ0) is 44.5. The third-order valence-electron chi connectivity index (χ3n) is 11.4. The summed E-state index contributed by atoms with van der Waals surface area (Å²) < 4.78 is 5.91. The molecule has 3 N–H and O–H groups in total. The molecule has 0 aliphatic heterocycles. The van der Waals surface area contributed by atoms with Crippen molar-refractivity contribution in [1.29, 1.82) is 0 Å². The fourth-order valence-corrected chi connectivity index (χ4v) is 7.48. The lowest BCUT2D eigenvalue weighted by Gasteiger charge is -2.24. The number of nitrogens with one attached hydrogen (secondary N) is 1. The molecular weight excluding hydrogens is 755 g/mol. The topological polar surface area (TPSA) is 95.9 Å². The van der Waals surface area contributed by atoms with E-state index in [9.17, 15) is 19.8 Å². The zero-order valence-corrected chi connectivity index (χ0v) is 40.0. The van der Waals surface area contributed by atoms with Gasteiger partial charge in [0.1, 0.15) is 6.10 Å². The van der Waals surface area contributed by atoms with Crippen molar-refractivity contribution >= 4 is 11.9 Å². The number of ether oxygens (including phenoxy) is 1. The summed E-state index contributed by atoms with van der Waals surface area (Å²) in [6, 6.07) is -0.718. The highest BCUT2D eigenvalue weighted by Crippen LogP contribution is 2.17. The number of esters is 1. The number of aliphatic hydroxyl groups excluding tert-OH is 2. The van der Waals surface area contributed by atoms with E-state index in [0.717, 1.165) is 89.9 Å². The first kappa shape index (κ1) is 58.3. The number of allylic oxidation sites excluding steroid dienone is 12. The van der Waals surface area contributed by atoms with Crippen LogP contribution in [0.5, 0.6) is 0 Å². The summed E-state index contributed by atoms with van der Waals surface area (Å²) in [5.41, 5.74) is 0. The number of aliphatic hydroxyl groups is 2. The third kappa shape index (κ3) is 43.7. The Labute approximate surface area is 377 Å². The van der Waals surface area contributed by atoms with Gasteiger partial charge in [-0.25, -0.2) is 0 Å². The maximum Gasteiger partial charge on any atom is 0.306 e. The molecule has 0 heterocycles. The average molecular weight is 852 g/mol. The molecule has 6 nitrogen and oxygen atoms in total. The molecule has 0 aromatic rings. The molecule has 0 rings (SSSR count). The summed E-state index contributed by atoms with van der Waals surface area (Å²) in [6.07, 6.45) is 61.0. The van der Waals surface area contributed by atoms with E-state index in [4.69, 9.17) is 4.74 Å². The molecule has 0 saturated carbocycles. The minimum atomic E-state index is -0.802. The molecule has 0 fully saturated rings. The molecular formula is C55H97NO5. The first-order valence-electron chi connectivity index (χ1n) is 25.7. The maximum absolute atomic E-state index is 13.2. The van der Waals surface area contributed by atoms with Gasteiger partial charge in [0.05, 0.1) is 25.2 Å². The summed E-state index contributed by atoms with van der Waals surface area (Å²) >= 11 is 0. The Morgan fingerprint density at radius 1 is 0.508 bits per heavy atom. The summed E-state index contributed by atoms with van der Waals surface area (Å²) in [5, 5.41) is 23.7. The lowest BCUT2D eigenvalue weighted by molar-refractivity contribution is -0.151. The van der Waals surface area contributed by atoms with Crippen LogP contribution in [0.15, 0.2) is 72.9 Å². The SMILES string of the molecule is CC/C=C/C/C=C/CCCCCCCCCC(=O)OC(CCCCC/C=C/C=C/C=C/C=C/CCCCC)CC(=O)NC(CO)C(O)CCCCCCCCCCCCCC. The third-order valence-corrected chi connectivity index (χ3v) is 11.4. The van der Waals surface area contributed by atoms with Gasteiger partial charge in [-0.15, -0.1) is 0 Å². The van der Waals surface area contributed by atoms with Gasteiger partial charge < -0.3 is 20.3 Å². The highest BCUT2D eigenvalue weighted by Gasteiger charge is 2.24. The monoisotopic (exact) mass is 852 g/mol. The predicted octanol–water partition coefficient (Wildman–Crippen LogP) is 15.4. The van der Waals surface area contributed by atoms with Crippen molar-refractivity contribution in [2.24, 2.45) is 0 Å². The molecule has 0 spiro atoms. The first-order chi connectivity index (χ1) is 30.0. The van der Waals surface area contributed by atoms with Gasteiger partial charge >= 0.3 is 5.97 Å². The number of rotatable bonds is 45. The fourth-order valence-electron chi connectivity index (χ4n) is 7.48. The Hall–Kier alpha value is -2.70. The maximum atomic E-state index is 13.2. The summed E-state index contributed by atoms with van der Waals surface area (Å²) in [4.78, 5) is 26.1. The Morgan fingerprint density at radius 3 is 1.52 bits per heavy atom. The van der Waals surface area contributed by atoms with Crippen molar-refractivity contribution in [2.45, 2.75) is 257 Å². The van der Waals surface area contributed by atoms with E-state index in [2.05, 4.69) is 92.9 Å². The zero-order valence-electron chi connectivity index (χ0n) is 40.0. The molecule has 0 aliphatic rings. The van der Waals surface area contributed by atoms with E-state index in [0.29, 0.717) is 19.3 Å². The van der Waals surface area contributed by atoms with E-state index < -0.39 is 18.2 Å². The Kier molecular flexibility index (Phi) is 46.2. The molecule has 0 saturated heterocycles. The van der Waals surface area contributed by atoms with Crippen LogP contribution in [-0.2, 0) is 14.3 Å². The van der Waals surface area contributed by atoms with Crippen LogP contribution in [0.4, 0.5) is 0 Å². The van der Waals surface area contributed by atoms with Crippen molar-refractivity contribution in [3.8, 4) is 0 Å². The standard InChI is InChI=1S/C55H97NO5/c1-4-7-10-13-16-19-22-25-27-28-29-31-34-37-40-43-46-51(61-55(60)48-45-42-39-36-33-30-26-23-20-17-14-11-8-5-2)49-54(59)56-52(50-57)53(58)47-44-41-38-35-32-24-21-18-15-12-9-6-3/h8,11,16-17,19-20,22,25,27-29,31,51-53,57-58H,4-7,9-10,12-15,18,21,23-24,26,30,32-50H2,1-3H3,(H,56,59)/b11-8+,19-16+,20-17+,25-22+,28-27+,31-29+. The van der Waals surface area contributed by atoms with Crippen LogP contribution >= 0.6 is 0 Å². The molecule has 352 valence electrons. The van der Waals surface area contributed by atoms with Crippen LogP contribution in [0.3, 0.4) is 0 Å². The number of carbonyl (C=O) groups excluding carboxylic acids is 2. The molecule has 0 aliphatic carbocycles. The van der Waals surface area contributed by atoms with Gasteiger partial charge in [-0.2, -0.15) is 0 Å². The minimum Gasteiger partial charge on any atom is -0.462 e. The molecule has 3 atom stereocenters. The van der Waals surface area contributed by atoms with Crippen molar-refractivity contribution in [3.63, 3.8) is 0 Å². The molecule has 0 bridgehead atoms. The minimum absolute atomic E-state index is 0.0460. The second kappa shape index (κ2) is 48.3. The van der Waals surface area contributed by atoms with Crippen LogP contribution in [0.2, 0.25) is 0 Å². The predicted molar refractivity (Wildman–Crippen MR) is 264 cm³/mol. The van der Waals surface area contributed by atoms with Gasteiger partial charge in [-0.05, 0) is 77.0 Å². The molecule has 61 heavy (non-hydrogen) atoms. The number of unbranched alkanes of at least 4 members (excludes halogenated alkanes) is 24. The quantitative estimate of drug-likeness (QED) is 0.0245. The smallest absolute Gasteiger partial charge is 0.306 e. The molecule has 1 amide bonds. The normalized spacial score (nSPS) is 13.9. The Morgan fingerprint density at radius 2 is 0.951 bits per heavy atom. The van der Waals surface area contributed by atoms with Crippen LogP contribution in [-0.4, -0.2) is 46.9 Å². The number of hydrogen-bond acceptors (Lipinski definition) is 5. The summed E-state index contributed by atoms with van der Waals surface area (Å²) in [7, 11) is 0. The van der Waals surface area contributed by atoms with Crippen LogP contribution in [0, 0.1) is 0 Å². The van der Waals surface area contributed by atoms with Gasteiger partial charge in [0, 0.05) is 6.42 Å². The highest BCUT2D eigenvalue weighted by atomic mass is 16.5. The second-order valence-electron chi connectivity index (χ2n) is 17.3. The van der Waals surface area contributed by atoms with Crippen LogP contribution < -0.4 is 5.32 Å². The molecule has 0 aromatic carbocycles. The van der Waals surface area contributed by atoms with Crippen LogP contribution in [0.1, 0.15) is 239 Å². The van der Waals surface area contributed by atoms with Crippen molar-refractivity contribution in [3.05, 3.63) is 72.9 Å². The lowest BCUT2D eigenvalue weighted by Crippen LogP contribution is -2.46. The second-order valence-corrected chi connectivity index (χ2v) is 17.3. The van der Waals surface area contributed by atoms with Crippen molar-refractivity contribution in [2.75, 3.05) is 6.61 Å². The summed E-state index contributed by atoms with van der Waals surface area (Å²) in [6.45, 7) is 6.32. The number of hydrogen-bond donors (Lipinski definition) is 3. The molecule has 0 radical (unpaired) electrons. The van der Waals surface area contributed by atoms with Gasteiger partial charge in [0.2, 0.25) is 5.91 Å². The van der Waals surface area contributed by atoms with E-state index in [1.54, 1.807) is 0 Å². The average Bonchev–Trinajstić information content (AvgIpc) is 3.25. The van der Waals surface area contributed by atoms with Crippen LogP contribution in [0.25, 0.3) is 0 Å².